The summed E-state index contributed by atoms with van der Waals surface area (Å²) < 4.78 is 28.8. The largest absolute Gasteiger partial charge is 0.394 e. The van der Waals surface area contributed by atoms with Crippen molar-refractivity contribution in [2.45, 2.75) is 50.7 Å². The Hall–Kier alpha value is -3.43. The number of hydrogen-bond acceptors (Lipinski definition) is 6. The number of carbonyl (C=O) groups is 1. The molecule has 1 amide bonds. The molecular formula is C26H28F2N4O3. The molecule has 0 radical (unpaired) electrons. The lowest BCUT2D eigenvalue weighted by atomic mass is 9.85. The van der Waals surface area contributed by atoms with Crippen LogP contribution in [0.3, 0.4) is 0 Å². The normalized spacial score (nSPS) is 18.8. The van der Waals surface area contributed by atoms with E-state index in [-0.39, 0.29) is 23.4 Å². The number of aryl methyl sites for hydroxylation is 1. The fraction of sp³-hybridized carbons (Fsp3) is 0.346. The molecule has 3 atom stereocenters. The van der Waals surface area contributed by atoms with Crippen molar-refractivity contribution in [3.63, 3.8) is 0 Å². The molecule has 1 saturated carbocycles. The Labute approximate surface area is 202 Å². The first-order chi connectivity index (χ1) is 16.7. The van der Waals surface area contributed by atoms with E-state index in [0.717, 1.165) is 25.3 Å². The van der Waals surface area contributed by atoms with E-state index >= 15 is 4.39 Å². The van der Waals surface area contributed by atoms with E-state index in [2.05, 4.69) is 15.3 Å². The zero-order valence-corrected chi connectivity index (χ0v) is 19.3. The molecule has 1 aromatic heterocycles. The molecular weight excluding hydrogens is 454 g/mol. The molecule has 5 N–H and O–H groups in total. The van der Waals surface area contributed by atoms with E-state index in [0.29, 0.717) is 34.5 Å². The quantitative estimate of drug-likeness (QED) is 0.424. The molecule has 1 aliphatic rings. The summed E-state index contributed by atoms with van der Waals surface area (Å²) in [5.74, 6) is -1.87. The molecule has 4 rings (SSSR count). The summed E-state index contributed by atoms with van der Waals surface area (Å²) >= 11 is 0. The Morgan fingerprint density at radius 3 is 2.71 bits per heavy atom. The van der Waals surface area contributed by atoms with Crippen molar-refractivity contribution >= 4 is 11.7 Å². The molecule has 1 aliphatic carbocycles. The summed E-state index contributed by atoms with van der Waals surface area (Å²) in [7, 11) is 0. The molecule has 9 heteroatoms. The Morgan fingerprint density at radius 1 is 1.23 bits per heavy atom. The van der Waals surface area contributed by atoms with Gasteiger partial charge in [-0.3, -0.25) is 4.79 Å². The van der Waals surface area contributed by atoms with Gasteiger partial charge in [0.2, 0.25) is 0 Å². The van der Waals surface area contributed by atoms with Gasteiger partial charge in [-0.15, -0.1) is 0 Å². The highest BCUT2D eigenvalue weighted by Gasteiger charge is 2.24. The predicted molar refractivity (Wildman–Crippen MR) is 127 cm³/mol. The second kappa shape index (κ2) is 10.5. The summed E-state index contributed by atoms with van der Waals surface area (Å²) in [6.45, 7) is 1.21. The molecule has 184 valence electrons. The topological polar surface area (TPSA) is 121 Å². The van der Waals surface area contributed by atoms with E-state index in [1.165, 1.54) is 24.3 Å². The zero-order chi connectivity index (χ0) is 25.1. The number of rotatable bonds is 6. The van der Waals surface area contributed by atoms with Crippen molar-refractivity contribution in [3.05, 3.63) is 76.6 Å². The molecule has 0 bridgehead atoms. The number of nitrogens with two attached hydrogens (primary N) is 1. The highest BCUT2D eigenvalue weighted by molar-refractivity contribution is 5.95. The van der Waals surface area contributed by atoms with Gasteiger partial charge in [0.25, 0.3) is 5.91 Å². The van der Waals surface area contributed by atoms with Crippen molar-refractivity contribution in [1.29, 1.82) is 0 Å². The van der Waals surface area contributed by atoms with Crippen LogP contribution in [0.2, 0.25) is 0 Å². The van der Waals surface area contributed by atoms with E-state index in [4.69, 9.17) is 5.73 Å². The van der Waals surface area contributed by atoms with Crippen LogP contribution in [-0.2, 0) is 0 Å². The van der Waals surface area contributed by atoms with Crippen LogP contribution >= 0.6 is 0 Å². The highest BCUT2D eigenvalue weighted by Crippen LogP contribution is 2.34. The number of aromatic nitrogens is 2. The summed E-state index contributed by atoms with van der Waals surface area (Å²) in [6, 6.07) is 7.28. The molecule has 0 spiro atoms. The van der Waals surface area contributed by atoms with Crippen molar-refractivity contribution in [2.24, 2.45) is 0 Å². The van der Waals surface area contributed by atoms with Crippen LogP contribution in [0.5, 0.6) is 0 Å². The highest BCUT2D eigenvalue weighted by atomic mass is 19.1. The average molecular weight is 483 g/mol. The number of aliphatic hydroxyl groups excluding tert-OH is 2. The molecule has 3 aromatic rings. The van der Waals surface area contributed by atoms with Gasteiger partial charge in [0.05, 0.1) is 36.2 Å². The van der Waals surface area contributed by atoms with Gasteiger partial charge in [0, 0.05) is 11.5 Å². The third-order valence-electron chi connectivity index (χ3n) is 6.33. The third-order valence-corrected chi connectivity index (χ3v) is 6.33. The number of nitrogen functional groups attached to an aromatic ring is 1. The average Bonchev–Trinajstić information content (AvgIpc) is 2.82. The van der Waals surface area contributed by atoms with E-state index in [9.17, 15) is 19.4 Å². The minimum absolute atomic E-state index is 0.0439. The minimum Gasteiger partial charge on any atom is -0.394 e. The van der Waals surface area contributed by atoms with Gasteiger partial charge >= 0.3 is 0 Å². The summed E-state index contributed by atoms with van der Waals surface area (Å²) in [4.78, 5) is 21.6. The van der Waals surface area contributed by atoms with Gasteiger partial charge in [-0.1, -0.05) is 18.6 Å². The van der Waals surface area contributed by atoms with Crippen LogP contribution in [0.15, 0.2) is 42.6 Å². The van der Waals surface area contributed by atoms with Crippen LogP contribution in [0.1, 0.15) is 64.8 Å². The smallest absolute Gasteiger partial charge is 0.254 e. The van der Waals surface area contributed by atoms with Crippen molar-refractivity contribution in [3.8, 4) is 11.3 Å². The molecule has 0 aliphatic heterocycles. The fourth-order valence-corrected chi connectivity index (χ4v) is 4.54. The van der Waals surface area contributed by atoms with E-state index < -0.39 is 30.2 Å². The van der Waals surface area contributed by atoms with Gasteiger partial charge in [-0.2, -0.15) is 0 Å². The zero-order valence-electron chi connectivity index (χ0n) is 19.3. The van der Waals surface area contributed by atoms with Crippen molar-refractivity contribution in [2.75, 3.05) is 12.3 Å². The van der Waals surface area contributed by atoms with Crippen LogP contribution in [-0.4, -0.2) is 38.8 Å². The number of nitrogens with one attached hydrogen (secondary N) is 1. The van der Waals surface area contributed by atoms with Gasteiger partial charge in [-0.05, 0) is 61.6 Å². The second-order valence-electron chi connectivity index (χ2n) is 9.01. The molecule has 0 saturated heterocycles. The Kier molecular flexibility index (Phi) is 7.37. The van der Waals surface area contributed by atoms with Gasteiger partial charge in [0.15, 0.2) is 0 Å². The number of aliphatic hydroxyl groups is 2. The lowest BCUT2D eigenvalue weighted by Gasteiger charge is -2.25. The van der Waals surface area contributed by atoms with Crippen LogP contribution in [0, 0.1) is 18.6 Å². The lowest BCUT2D eigenvalue weighted by Crippen LogP contribution is -2.31. The SMILES string of the molecule is Cc1cc(F)cc(C(CO)NC(=O)c2ccc(-c3nc(C4CCCC(O)C4)cnc3N)cc2F)c1. The number of anilines is 1. The standard InChI is InChI=1S/C26H28F2N4O3/c1-14-7-17(9-18(27)8-14)23(13-33)32-26(35)20-6-5-16(11-21(20)28)24-25(29)30-12-22(31-24)15-3-2-4-19(34)10-15/h5-9,11-12,15,19,23,33-34H,2-4,10,13H2,1H3,(H2,29,30)(H,32,35). The molecule has 1 fully saturated rings. The van der Waals surface area contributed by atoms with Gasteiger partial charge in [0.1, 0.15) is 23.1 Å². The maximum absolute atomic E-state index is 15.0. The lowest BCUT2D eigenvalue weighted by molar-refractivity contribution is 0.0912. The van der Waals surface area contributed by atoms with Gasteiger partial charge < -0.3 is 21.3 Å². The van der Waals surface area contributed by atoms with Crippen molar-refractivity contribution < 1.29 is 23.8 Å². The molecule has 2 aromatic carbocycles. The number of nitrogens with zero attached hydrogens (tertiary/aromatic N) is 2. The maximum atomic E-state index is 15.0. The van der Waals surface area contributed by atoms with E-state index in [1.807, 2.05) is 0 Å². The Bertz CT molecular complexity index is 1220. The maximum Gasteiger partial charge on any atom is 0.254 e. The second-order valence-corrected chi connectivity index (χ2v) is 9.01. The Balaban J connectivity index is 1.56. The first kappa shape index (κ1) is 24.7. The number of amides is 1. The molecule has 1 heterocycles. The minimum atomic E-state index is -0.903. The number of carbonyl (C=O) groups excluding carboxylic acids is 1. The fourth-order valence-electron chi connectivity index (χ4n) is 4.54. The van der Waals surface area contributed by atoms with Crippen LogP contribution in [0.4, 0.5) is 14.6 Å². The Morgan fingerprint density at radius 2 is 2.03 bits per heavy atom. The number of hydrogen-bond donors (Lipinski definition) is 4. The molecule has 7 nitrogen and oxygen atoms in total. The monoisotopic (exact) mass is 482 g/mol. The molecule has 35 heavy (non-hydrogen) atoms. The summed E-state index contributed by atoms with van der Waals surface area (Å²) in [5, 5.41) is 22.3. The van der Waals surface area contributed by atoms with Gasteiger partial charge in [-0.25, -0.2) is 18.7 Å². The van der Waals surface area contributed by atoms with Crippen molar-refractivity contribution in [1.82, 2.24) is 15.3 Å². The van der Waals surface area contributed by atoms with E-state index in [1.54, 1.807) is 19.2 Å². The first-order valence-electron chi connectivity index (χ1n) is 11.5. The molecule has 3 unspecified atom stereocenters. The summed E-state index contributed by atoms with van der Waals surface area (Å²) in [5.41, 5.74) is 8.14. The summed E-state index contributed by atoms with van der Waals surface area (Å²) in [6.07, 6.45) is 4.31. The van der Waals surface area contributed by atoms with Crippen LogP contribution < -0.4 is 11.1 Å². The predicted octanol–water partition coefficient (Wildman–Crippen LogP) is 3.79. The first-order valence-corrected chi connectivity index (χ1v) is 11.5. The van der Waals surface area contributed by atoms with Crippen LogP contribution in [0.25, 0.3) is 11.3 Å². The number of halogens is 2. The number of benzene rings is 2. The third kappa shape index (κ3) is 5.63.